The molecule has 0 saturated carbocycles. The Kier molecular flexibility index (Phi) is 2.14. The van der Waals surface area contributed by atoms with Crippen LogP contribution in [0.3, 0.4) is 0 Å². The molecule has 0 bridgehead atoms. The largest absolute Gasteiger partial charge is 0.435 e. The zero-order chi connectivity index (χ0) is 9.26. The van der Waals surface area contributed by atoms with Crippen LogP contribution in [0, 0.1) is 0 Å². The van der Waals surface area contributed by atoms with Crippen molar-refractivity contribution in [2.45, 2.75) is 12.7 Å². The molecule has 1 aromatic rings. The van der Waals surface area contributed by atoms with Gasteiger partial charge in [0.25, 0.3) is 0 Å². The quantitative estimate of drug-likeness (QED) is 0.676. The number of hydrogen-bond acceptors (Lipinski definition) is 2. The van der Waals surface area contributed by atoms with Gasteiger partial charge in [-0.2, -0.15) is 8.78 Å². The second-order valence-corrected chi connectivity index (χ2v) is 2.77. The highest BCUT2D eigenvalue weighted by Crippen LogP contribution is 2.30. The van der Waals surface area contributed by atoms with E-state index in [1.165, 1.54) is 12.1 Å². The Morgan fingerprint density at radius 3 is 2.38 bits per heavy atom. The van der Waals surface area contributed by atoms with Crippen LogP contribution in [-0.2, 0) is 4.74 Å². The minimum absolute atomic E-state index is 0.153. The molecule has 0 N–H and O–H groups in total. The third-order valence-electron chi connectivity index (χ3n) is 1.81. The van der Waals surface area contributed by atoms with E-state index in [2.05, 4.69) is 4.74 Å². The van der Waals surface area contributed by atoms with Crippen molar-refractivity contribution in [3.63, 3.8) is 0 Å². The molecule has 4 heteroatoms. The summed E-state index contributed by atoms with van der Waals surface area (Å²) in [5.74, 6) is 0.180. The molecule has 1 aliphatic rings. The third kappa shape index (κ3) is 2.15. The van der Waals surface area contributed by atoms with Crippen molar-refractivity contribution in [2.75, 3.05) is 6.61 Å². The van der Waals surface area contributed by atoms with Crippen LogP contribution < -0.4 is 4.74 Å². The van der Waals surface area contributed by atoms with Crippen LogP contribution >= 0.6 is 0 Å². The number of hydrogen-bond donors (Lipinski definition) is 0. The predicted molar refractivity (Wildman–Crippen MR) is 41.8 cm³/mol. The minimum atomic E-state index is -2.76. The summed E-state index contributed by atoms with van der Waals surface area (Å²) in [7, 11) is 0. The van der Waals surface area contributed by atoms with Crippen LogP contribution in [0.1, 0.15) is 11.7 Å². The summed E-state index contributed by atoms with van der Waals surface area (Å²) in [4.78, 5) is 0. The van der Waals surface area contributed by atoms with Crippen LogP contribution in [0.15, 0.2) is 24.3 Å². The van der Waals surface area contributed by atoms with Crippen LogP contribution in [0.5, 0.6) is 5.75 Å². The van der Waals surface area contributed by atoms with Crippen molar-refractivity contribution < 1.29 is 18.3 Å². The van der Waals surface area contributed by atoms with Crippen molar-refractivity contribution in [3.8, 4) is 5.75 Å². The maximum Gasteiger partial charge on any atom is 0.387 e. The van der Waals surface area contributed by atoms with Crippen molar-refractivity contribution in [1.29, 1.82) is 0 Å². The van der Waals surface area contributed by atoms with E-state index in [1.54, 1.807) is 12.1 Å². The molecule has 1 atom stereocenters. The van der Waals surface area contributed by atoms with Crippen LogP contribution in [0.25, 0.3) is 0 Å². The van der Waals surface area contributed by atoms with Crippen molar-refractivity contribution in [2.24, 2.45) is 0 Å². The molecule has 1 saturated heterocycles. The predicted octanol–water partition coefficient (Wildman–Crippen LogP) is 2.36. The summed E-state index contributed by atoms with van der Waals surface area (Å²) in [6.07, 6.45) is 0.153. The molecular weight excluding hydrogens is 178 g/mol. The SMILES string of the molecule is FC(F)Oc1ccc([C@@H]2CO2)cc1. The third-order valence-corrected chi connectivity index (χ3v) is 1.81. The molecule has 0 amide bonds. The molecular formula is C9H8F2O2. The van der Waals surface area contributed by atoms with Gasteiger partial charge < -0.3 is 9.47 Å². The summed E-state index contributed by atoms with van der Waals surface area (Å²) < 4.78 is 32.7. The van der Waals surface area contributed by atoms with E-state index in [0.717, 1.165) is 12.2 Å². The number of benzene rings is 1. The summed E-state index contributed by atoms with van der Waals surface area (Å²) in [5, 5.41) is 0. The number of alkyl halides is 2. The Morgan fingerprint density at radius 2 is 1.92 bits per heavy atom. The molecule has 0 aliphatic carbocycles. The summed E-state index contributed by atoms with van der Waals surface area (Å²) in [6, 6.07) is 6.50. The van der Waals surface area contributed by atoms with Gasteiger partial charge >= 0.3 is 6.61 Å². The molecule has 70 valence electrons. The first kappa shape index (κ1) is 8.44. The van der Waals surface area contributed by atoms with Crippen molar-refractivity contribution in [3.05, 3.63) is 29.8 Å². The van der Waals surface area contributed by atoms with E-state index in [9.17, 15) is 8.78 Å². The molecule has 13 heavy (non-hydrogen) atoms. The summed E-state index contributed by atoms with van der Waals surface area (Å²) >= 11 is 0. The Labute approximate surface area is 74.1 Å². The zero-order valence-electron chi connectivity index (χ0n) is 6.74. The standard InChI is InChI=1S/C9H8F2O2/c10-9(11)13-7-3-1-6(2-4-7)8-5-12-8/h1-4,8-9H,5H2/t8-/m0/s1. The molecule has 0 unspecified atom stereocenters. The van der Waals surface area contributed by atoms with E-state index in [1.807, 2.05) is 0 Å². The van der Waals surface area contributed by atoms with E-state index in [0.29, 0.717) is 0 Å². The first-order valence-corrected chi connectivity index (χ1v) is 3.92. The number of ether oxygens (including phenoxy) is 2. The van der Waals surface area contributed by atoms with Gasteiger partial charge in [0.1, 0.15) is 11.9 Å². The van der Waals surface area contributed by atoms with Crippen molar-refractivity contribution >= 4 is 0 Å². The fraction of sp³-hybridized carbons (Fsp3) is 0.333. The first-order chi connectivity index (χ1) is 6.25. The lowest BCUT2D eigenvalue weighted by Crippen LogP contribution is -2.01. The van der Waals surface area contributed by atoms with Gasteiger partial charge in [-0.3, -0.25) is 0 Å². The van der Waals surface area contributed by atoms with E-state index < -0.39 is 6.61 Å². The lowest BCUT2D eigenvalue weighted by atomic mass is 10.2. The van der Waals surface area contributed by atoms with Crippen LogP contribution in [0.4, 0.5) is 8.78 Å². The van der Waals surface area contributed by atoms with E-state index in [-0.39, 0.29) is 11.9 Å². The fourth-order valence-electron chi connectivity index (χ4n) is 1.10. The number of rotatable bonds is 3. The van der Waals surface area contributed by atoms with Crippen molar-refractivity contribution in [1.82, 2.24) is 0 Å². The lowest BCUT2D eigenvalue weighted by molar-refractivity contribution is -0.0498. The number of halogens is 2. The van der Waals surface area contributed by atoms with E-state index in [4.69, 9.17) is 4.74 Å². The Bertz CT molecular complexity index is 280. The number of epoxide rings is 1. The van der Waals surface area contributed by atoms with Gasteiger partial charge in [-0.05, 0) is 17.7 Å². The van der Waals surface area contributed by atoms with Gasteiger partial charge in [-0.25, -0.2) is 0 Å². The second-order valence-electron chi connectivity index (χ2n) is 2.77. The molecule has 1 aromatic carbocycles. The molecule has 2 rings (SSSR count). The van der Waals surface area contributed by atoms with Gasteiger partial charge in [0.15, 0.2) is 0 Å². The molecule has 1 aliphatic heterocycles. The Hall–Kier alpha value is -1.16. The molecule has 0 spiro atoms. The Balaban J connectivity index is 2.04. The maximum absolute atomic E-state index is 11.7. The van der Waals surface area contributed by atoms with Gasteiger partial charge in [-0.1, -0.05) is 12.1 Å². The minimum Gasteiger partial charge on any atom is -0.435 e. The fourth-order valence-corrected chi connectivity index (χ4v) is 1.10. The maximum atomic E-state index is 11.7. The monoisotopic (exact) mass is 186 g/mol. The second kappa shape index (κ2) is 3.30. The van der Waals surface area contributed by atoms with E-state index >= 15 is 0 Å². The highest BCUT2D eigenvalue weighted by molar-refractivity contribution is 5.29. The van der Waals surface area contributed by atoms with Gasteiger partial charge in [-0.15, -0.1) is 0 Å². The first-order valence-electron chi connectivity index (χ1n) is 3.92. The molecule has 1 heterocycles. The topological polar surface area (TPSA) is 21.8 Å². The molecule has 1 fully saturated rings. The highest BCUT2D eigenvalue weighted by atomic mass is 19.3. The molecule has 0 aromatic heterocycles. The highest BCUT2D eigenvalue weighted by Gasteiger charge is 2.24. The van der Waals surface area contributed by atoms with Crippen LogP contribution in [0.2, 0.25) is 0 Å². The summed E-state index contributed by atoms with van der Waals surface area (Å²) in [6.45, 7) is -2.04. The van der Waals surface area contributed by atoms with Gasteiger partial charge in [0.05, 0.1) is 6.61 Å². The Morgan fingerprint density at radius 1 is 1.31 bits per heavy atom. The molecule has 0 radical (unpaired) electrons. The summed E-state index contributed by atoms with van der Waals surface area (Å²) in [5.41, 5.74) is 1.00. The average Bonchev–Trinajstić information content (AvgIpc) is 2.87. The normalized spacial score (nSPS) is 20.4. The smallest absolute Gasteiger partial charge is 0.387 e. The van der Waals surface area contributed by atoms with Gasteiger partial charge in [0, 0.05) is 0 Å². The van der Waals surface area contributed by atoms with Crippen LogP contribution in [-0.4, -0.2) is 13.2 Å². The molecule has 2 nitrogen and oxygen atoms in total. The lowest BCUT2D eigenvalue weighted by Gasteiger charge is -2.03. The average molecular weight is 186 g/mol. The zero-order valence-corrected chi connectivity index (χ0v) is 6.74. The van der Waals surface area contributed by atoms with Gasteiger partial charge in [0.2, 0.25) is 0 Å².